The zero-order chi connectivity index (χ0) is 16.0. The Morgan fingerprint density at radius 3 is 2.32 bits per heavy atom. The molecule has 22 heavy (non-hydrogen) atoms. The Morgan fingerprint density at radius 2 is 1.86 bits per heavy atom. The van der Waals surface area contributed by atoms with Crippen molar-refractivity contribution in [2.24, 2.45) is 0 Å². The van der Waals surface area contributed by atoms with Gasteiger partial charge in [-0.3, -0.25) is 5.10 Å². The molecule has 1 aliphatic rings. The lowest BCUT2D eigenvalue weighted by molar-refractivity contribution is -0.160. The fourth-order valence-corrected chi connectivity index (χ4v) is 2.52. The SMILES string of the molecule is Cc1cc(/C(F)=C/c2ccc(C3(C(F)(F)F)CC3)cc2)n[nH]1. The van der Waals surface area contributed by atoms with Gasteiger partial charge in [0.25, 0.3) is 0 Å². The highest BCUT2D eigenvalue weighted by atomic mass is 19.4. The van der Waals surface area contributed by atoms with Crippen LogP contribution in [0.4, 0.5) is 17.6 Å². The molecule has 0 radical (unpaired) electrons. The number of rotatable bonds is 3. The molecule has 116 valence electrons. The summed E-state index contributed by atoms with van der Waals surface area (Å²) in [6.07, 6.45) is -2.74. The first-order chi connectivity index (χ1) is 10.3. The highest BCUT2D eigenvalue weighted by Crippen LogP contribution is 2.58. The number of H-pyrrole nitrogens is 1. The van der Waals surface area contributed by atoms with Gasteiger partial charge in [0.2, 0.25) is 0 Å². The predicted octanol–water partition coefficient (Wildman–Crippen LogP) is 4.78. The molecule has 0 atom stereocenters. The summed E-state index contributed by atoms with van der Waals surface area (Å²) in [7, 11) is 0. The van der Waals surface area contributed by atoms with E-state index >= 15 is 0 Å². The zero-order valence-electron chi connectivity index (χ0n) is 11.8. The number of aromatic amines is 1. The molecule has 0 bridgehead atoms. The van der Waals surface area contributed by atoms with Crippen molar-refractivity contribution in [1.29, 1.82) is 0 Å². The van der Waals surface area contributed by atoms with Crippen molar-refractivity contribution in [1.82, 2.24) is 10.2 Å². The Morgan fingerprint density at radius 1 is 1.23 bits per heavy atom. The van der Waals surface area contributed by atoms with Crippen molar-refractivity contribution < 1.29 is 17.6 Å². The molecule has 0 amide bonds. The lowest BCUT2D eigenvalue weighted by Crippen LogP contribution is -2.28. The standard InChI is InChI=1S/C16H14F4N2/c1-10-8-14(22-21-10)13(17)9-11-2-4-12(5-3-11)15(6-7-15)16(18,19)20/h2-5,8-9H,6-7H2,1H3,(H,21,22)/b13-9-. The number of benzene rings is 1. The van der Waals surface area contributed by atoms with Crippen LogP contribution in [0.5, 0.6) is 0 Å². The van der Waals surface area contributed by atoms with Gasteiger partial charge < -0.3 is 0 Å². The molecule has 6 heteroatoms. The second-order valence-electron chi connectivity index (χ2n) is 5.63. The van der Waals surface area contributed by atoms with Crippen LogP contribution >= 0.6 is 0 Å². The first-order valence-corrected chi connectivity index (χ1v) is 6.89. The number of aryl methyl sites for hydroxylation is 1. The van der Waals surface area contributed by atoms with Gasteiger partial charge in [0.05, 0.1) is 5.41 Å². The summed E-state index contributed by atoms with van der Waals surface area (Å²) in [4.78, 5) is 0. The van der Waals surface area contributed by atoms with Gasteiger partial charge in [0, 0.05) is 5.69 Å². The fourth-order valence-electron chi connectivity index (χ4n) is 2.52. The van der Waals surface area contributed by atoms with E-state index in [0.29, 0.717) is 5.56 Å². The molecular formula is C16H14F4N2. The zero-order valence-corrected chi connectivity index (χ0v) is 11.8. The Bertz CT molecular complexity index is 706. The second-order valence-corrected chi connectivity index (χ2v) is 5.63. The summed E-state index contributed by atoms with van der Waals surface area (Å²) in [5, 5.41) is 6.43. The van der Waals surface area contributed by atoms with Gasteiger partial charge in [-0.05, 0) is 43.0 Å². The van der Waals surface area contributed by atoms with Gasteiger partial charge in [-0.1, -0.05) is 24.3 Å². The van der Waals surface area contributed by atoms with Gasteiger partial charge in [-0.15, -0.1) is 0 Å². The average Bonchev–Trinajstić information content (AvgIpc) is 3.16. The van der Waals surface area contributed by atoms with E-state index < -0.39 is 17.4 Å². The van der Waals surface area contributed by atoms with E-state index in [1.54, 1.807) is 13.0 Å². The molecule has 1 saturated carbocycles. The minimum absolute atomic E-state index is 0.118. The smallest absolute Gasteiger partial charge is 0.282 e. The molecule has 0 saturated heterocycles. The first-order valence-electron chi connectivity index (χ1n) is 6.89. The molecule has 1 aliphatic carbocycles. The van der Waals surface area contributed by atoms with Crippen LogP contribution in [0.3, 0.4) is 0 Å². The Hall–Kier alpha value is -2.11. The summed E-state index contributed by atoms with van der Waals surface area (Å²) in [5.74, 6) is -0.533. The van der Waals surface area contributed by atoms with Crippen LogP contribution in [0.25, 0.3) is 11.9 Å². The van der Waals surface area contributed by atoms with Crippen LogP contribution in [0.15, 0.2) is 30.3 Å². The van der Waals surface area contributed by atoms with Crippen LogP contribution in [-0.2, 0) is 5.41 Å². The fraction of sp³-hybridized carbons (Fsp3) is 0.312. The van der Waals surface area contributed by atoms with Gasteiger partial charge in [0.15, 0.2) is 5.83 Å². The van der Waals surface area contributed by atoms with E-state index in [2.05, 4.69) is 10.2 Å². The Labute approximate surface area is 124 Å². The maximum absolute atomic E-state index is 14.0. The molecule has 1 aromatic heterocycles. The number of nitrogens with zero attached hydrogens (tertiary/aromatic N) is 1. The Balaban J connectivity index is 1.84. The molecule has 1 heterocycles. The molecular weight excluding hydrogens is 296 g/mol. The van der Waals surface area contributed by atoms with E-state index in [1.165, 1.54) is 30.3 Å². The van der Waals surface area contributed by atoms with Gasteiger partial charge in [-0.2, -0.15) is 18.3 Å². The quantitative estimate of drug-likeness (QED) is 0.812. The number of nitrogens with one attached hydrogen (secondary N) is 1. The van der Waals surface area contributed by atoms with Crippen LogP contribution in [0.2, 0.25) is 0 Å². The third-order valence-corrected chi connectivity index (χ3v) is 4.00. The summed E-state index contributed by atoms with van der Waals surface area (Å²) >= 11 is 0. The molecule has 0 aliphatic heterocycles. The molecule has 0 unspecified atom stereocenters. The first kappa shape index (κ1) is 14.8. The van der Waals surface area contributed by atoms with Crippen molar-refractivity contribution in [2.75, 3.05) is 0 Å². The maximum atomic E-state index is 14.0. The van der Waals surface area contributed by atoms with Crippen molar-refractivity contribution in [2.45, 2.75) is 31.4 Å². The van der Waals surface area contributed by atoms with Crippen molar-refractivity contribution in [3.05, 3.63) is 52.8 Å². The third kappa shape index (κ3) is 2.53. The number of hydrogen-bond acceptors (Lipinski definition) is 1. The van der Waals surface area contributed by atoms with Crippen molar-refractivity contribution >= 4 is 11.9 Å². The topological polar surface area (TPSA) is 28.7 Å². The molecule has 1 N–H and O–H groups in total. The number of hydrogen-bond donors (Lipinski definition) is 1. The Kier molecular flexibility index (Phi) is 3.34. The van der Waals surface area contributed by atoms with E-state index in [0.717, 1.165) is 5.69 Å². The number of halogens is 4. The second kappa shape index (κ2) is 4.97. The molecule has 2 nitrogen and oxygen atoms in total. The number of alkyl halides is 3. The lowest BCUT2D eigenvalue weighted by atomic mass is 9.94. The summed E-state index contributed by atoms with van der Waals surface area (Å²) in [6, 6.07) is 7.41. The van der Waals surface area contributed by atoms with Crippen LogP contribution in [-0.4, -0.2) is 16.4 Å². The van der Waals surface area contributed by atoms with Crippen molar-refractivity contribution in [3.8, 4) is 0 Å². The van der Waals surface area contributed by atoms with E-state index in [9.17, 15) is 17.6 Å². The monoisotopic (exact) mass is 310 g/mol. The highest BCUT2D eigenvalue weighted by Gasteiger charge is 2.64. The van der Waals surface area contributed by atoms with Crippen molar-refractivity contribution in [3.63, 3.8) is 0 Å². The van der Waals surface area contributed by atoms with Crippen LogP contribution < -0.4 is 0 Å². The average molecular weight is 310 g/mol. The number of aromatic nitrogens is 2. The molecule has 1 aromatic carbocycles. The predicted molar refractivity (Wildman–Crippen MR) is 75.7 cm³/mol. The molecule has 0 spiro atoms. The van der Waals surface area contributed by atoms with E-state index in [1.807, 2.05) is 0 Å². The van der Waals surface area contributed by atoms with Crippen LogP contribution in [0.1, 0.15) is 35.4 Å². The lowest BCUT2D eigenvalue weighted by Gasteiger charge is -2.19. The highest BCUT2D eigenvalue weighted by molar-refractivity contribution is 5.75. The largest absolute Gasteiger partial charge is 0.398 e. The van der Waals surface area contributed by atoms with E-state index in [4.69, 9.17) is 0 Å². The normalized spacial score (nSPS) is 17.6. The molecule has 1 fully saturated rings. The molecule has 2 aromatic rings. The van der Waals surface area contributed by atoms with Gasteiger partial charge in [0.1, 0.15) is 5.69 Å². The van der Waals surface area contributed by atoms with Gasteiger partial charge >= 0.3 is 6.18 Å². The van der Waals surface area contributed by atoms with E-state index in [-0.39, 0.29) is 24.1 Å². The summed E-state index contributed by atoms with van der Waals surface area (Å²) in [6.45, 7) is 1.75. The summed E-state index contributed by atoms with van der Waals surface area (Å²) < 4.78 is 53.1. The third-order valence-electron chi connectivity index (χ3n) is 4.00. The van der Waals surface area contributed by atoms with Crippen LogP contribution in [0, 0.1) is 6.92 Å². The van der Waals surface area contributed by atoms with Gasteiger partial charge in [-0.25, -0.2) is 4.39 Å². The molecule has 3 rings (SSSR count). The summed E-state index contributed by atoms with van der Waals surface area (Å²) in [5.41, 5.74) is -0.0501. The minimum Gasteiger partial charge on any atom is -0.282 e. The minimum atomic E-state index is -4.23. The maximum Gasteiger partial charge on any atom is 0.398 e.